The third-order valence-corrected chi connectivity index (χ3v) is 5.43. The maximum Gasteiger partial charge on any atom is 0.309 e. The van der Waals surface area contributed by atoms with Gasteiger partial charge in [-0.05, 0) is 61.5 Å². The molecule has 0 radical (unpaired) electrons. The van der Waals surface area contributed by atoms with Crippen LogP contribution in [0.4, 0.5) is 4.39 Å². The van der Waals surface area contributed by atoms with E-state index in [-0.39, 0.29) is 23.6 Å². The summed E-state index contributed by atoms with van der Waals surface area (Å²) in [4.78, 5) is 15.9. The maximum atomic E-state index is 13.9. The Hall–Kier alpha value is -1.16. The molecule has 0 N–H and O–H groups in total. The minimum Gasteiger partial charge on any atom is -0.469 e. The number of ether oxygens (including phenoxy) is 1. The molecular weight excluding hydrogens is 293 g/mol. The van der Waals surface area contributed by atoms with Crippen molar-refractivity contribution >= 4 is 17.6 Å². The molecule has 3 fully saturated rings. The Morgan fingerprint density at radius 3 is 2.71 bits per heavy atom. The molecule has 1 aromatic rings. The predicted octanol–water partition coefficient (Wildman–Crippen LogP) is 3.64. The van der Waals surface area contributed by atoms with Crippen LogP contribution in [0.15, 0.2) is 12.3 Å². The molecule has 0 spiro atoms. The summed E-state index contributed by atoms with van der Waals surface area (Å²) in [5, 5.41) is 0.294. The molecular formula is C16H19ClFNO2. The molecule has 0 aliphatic heterocycles. The fourth-order valence-electron chi connectivity index (χ4n) is 4.23. The summed E-state index contributed by atoms with van der Waals surface area (Å²) in [5.41, 5.74) is 0.557. The largest absolute Gasteiger partial charge is 0.469 e. The van der Waals surface area contributed by atoms with E-state index in [9.17, 15) is 9.18 Å². The molecule has 5 heteroatoms. The van der Waals surface area contributed by atoms with Gasteiger partial charge >= 0.3 is 5.97 Å². The van der Waals surface area contributed by atoms with E-state index in [2.05, 4.69) is 4.98 Å². The zero-order chi connectivity index (χ0) is 15.0. The summed E-state index contributed by atoms with van der Waals surface area (Å²) in [5.74, 6) is 0.421. The van der Waals surface area contributed by atoms with E-state index in [4.69, 9.17) is 16.3 Å². The summed E-state index contributed by atoms with van der Waals surface area (Å²) in [7, 11) is 1.44. The molecule has 0 unspecified atom stereocenters. The summed E-state index contributed by atoms with van der Waals surface area (Å²) in [6.07, 6.45) is 6.12. The molecule has 0 aromatic carbocycles. The van der Waals surface area contributed by atoms with Crippen molar-refractivity contribution in [3.05, 3.63) is 28.8 Å². The van der Waals surface area contributed by atoms with Crippen LogP contribution in [0.2, 0.25) is 5.15 Å². The number of rotatable bonds is 3. The molecule has 2 atom stereocenters. The van der Waals surface area contributed by atoms with E-state index in [0.717, 1.165) is 31.9 Å². The van der Waals surface area contributed by atoms with Gasteiger partial charge in [0.2, 0.25) is 0 Å². The smallest absolute Gasteiger partial charge is 0.309 e. The van der Waals surface area contributed by atoms with Crippen molar-refractivity contribution in [3.8, 4) is 0 Å². The number of fused-ring (bicyclic) bond motifs is 3. The number of esters is 1. The van der Waals surface area contributed by atoms with Crippen molar-refractivity contribution in [1.29, 1.82) is 0 Å². The molecule has 3 aliphatic carbocycles. The maximum absolute atomic E-state index is 13.9. The number of aromatic nitrogens is 1. The normalized spacial score (nSPS) is 31.2. The van der Waals surface area contributed by atoms with Gasteiger partial charge in [-0.15, -0.1) is 0 Å². The van der Waals surface area contributed by atoms with Gasteiger partial charge in [0.1, 0.15) is 11.0 Å². The quantitative estimate of drug-likeness (QED) is 0.632. The Labute approximate surface area is 128 Å². The fourth-order valence-corrected chi connectivity index (χ4v) is 4.41. The first kappa shape index (κ1) is 14.8. The zero-order valence-electron chi connectivity index (χ0n) is 12.0. The third-order valence-electron chi connectivity index (χ3n) is 5.22. The van der Waals surface area contributed by atoms with Gasteiger partial charge in [-0.25, -0.2) is 9.37 Å². The van der Waals surface area contributed by atoms with E-state index in [1.807, 2.05) is 0 Å². The number of halogens is 2. The average Bonchev–Trinajstić information content (AvgIpc) is 2.51. The molecule has 3 aliphatic rings. The molecule has 3 saturated carbocycles. The second-order valence-electron chi connectivity index (χ2n) is 6.19. The molecule has 3 nitrogen and oxygen atoms in total. The first-order chi connectivity index (χ1) is 10.1. The van der Waals surface area contributed by atoms with E-state index in [1.54, 1.807) is 6.07 Å². The van der Waals surface area contributed by atoms with Crippen LogP contribution in [-0.2, 0) is 16.0 Å². The Morgan fingerprint density at radius 1 is 1.38 bits per heavy atom. The minimum atomic E-state index is -0.343. The molecule has 2 bridgehead atoms. The standard InChI is InChI=1S/C16H19ClFNO2/c1-21-16(20)15-10-4-2-9(3-5-10)12(15)6-11-7-14(17)19-8-13(11)18/h7-10,12,15H,2-6H2,1H3/t9?,10?,12-,15-/m0/s1. The van der Waals surface area contributed by atoms with Gasteiger partial charge in [-0.2, -0.15) is 0 Å². The van der Waals surface area contributed by atoms with Crippen LogP contribution in [-0.4, -0.2) is 18.1 Å². The Kier molecular flexibility index (Phi) is 4.16. The highest BCUT2D eigenvalue weighted by atomic mass is 35.5. The highest BCUT2D eigenvalue weighted by Crippen LogP contribution is 2.50. The van der Waals surface area contributed by atoms with Gasteiger partial charge < -0.3 is 4.74 Å². The fraction of sp³-hybridized carbons (Fsp3) is 0.625. The number of hydrogen-bond acceptors (Lipinski definition) is 3. The van der Waals surface area contributed by atoms with Gasteiger partial charge in [-0.1, -0.05) is 11.6 Å². The third kappa shape index (κ3) is 2.78. The lowest BCUT2D eigenvalue weighted by Crippen LogP contribution is -2.45. The Balaban J connectivity index is 1.87. The minimum absolute atomic E-state index is 0.103. The van der Waals surface area contributed by atoms with Crippen molar-refractivity contribution in [1.82, 2.24) is 4.98 Å². The van der Waals surface area contributed by atoms with Crippen molar-refractivity contribution < 1.29 is 13.9 Å². The van der Waals surface area contributed by atoms with Crippen LogP contribution in [0.3, 0.4) is 0 Å². The summed E-state index contributed by atoms with van der Waals surface area (Å²) >= 11 is 5.87. The second-order valence-corrected chi connectivity index (χ2v) is 6.58. The van der Waals surface area contributed by atoms with Crippen molar-refractivity contribution in [2.45, 2.75) is 32.1 Å². The second kappa shape index (κ2) is 5.91. The number of methoxy groups -OCH3 is 1. The predicted molar refractivity (Wildman–Crippen MR) is 77.4 cm³/mol. The van der Waals surface area contributed by atoms with Gasteiger partial charge in [0.05, 0.1) is 19.2 Å². The number of nitrogens with zero attached hydrogens (tertiary/aromatic N) is 1. The number of carbonyl (C=O) groups is 1. The van der Waals surface area contributed by atoms with E-state index in [1.165, 1.54) is 7.11 Å². The Bertz CT molecular complexity index is 543. The van der Waals surface area contributed by atoms with Gasteiger partial charge in [0, 0.05) is 0 Å². The van der Waals surface area contributed by atoms with Gasteiger partial charge in [-0.3, -0.25) is 4.79 Å². The lowest BCUT2D eigenvalue weighted by molar-refractivity contribution is -0.156. The van der Waals surface area contributed by atoms with Gasteiger partial charge in [0.15, 0.2) is 0 Å². The van der Waals surface area contributed by atoms with Crippen LogP contribution in [0.5, 0.6) is 0 Å². The first-order valence-corrected chi connectivity index (χ1v) is 7.85. The molecule has 1 heterocycles. The molecule has 0 saturated heterocycles. The summed E-state index contributed by atoms with van der Waals surface area (Å²) in [6, 6.07) is 1.58. The van der Waals surface area contributed by atoms with Gasteiger partial charge in [0.25, 0.3) is 0 Å². The molecule has 21 heavy (non-hydrogen) atoms. The average molecular weight is 312 g/mol. The lowest BCUT2D eigenvalue weighted by atomic mass is 9.57. The van der Waals surface area contributed by atoms with Crippen molar-refractivity contribution in [2.24, 2.45) is 23.7 Å². The molecule has 0 amide bonds. The van der Waals surface area contributed by atoms with Crippen LogP contribution in [0.1, 0.15) is 31.2 Å². The zero-order valence-corrected chi connectivity index (χ0v) is 12.8. The van der Waals surface area contributed by atoms with Crippen LogP contribution in [0, 0.1) is 29.5 Å². The van der Waals surface area contributed by atoms with Crippen LogP contribution in [0.25, 0.3) is 0 Å². The highest BCUT2D eigenvalue weighted by Gasteiger charge is 2.47. The van der Waals surface area contributed by atoms with E-state index >= 15 is 0 Å². The molecule has 114 valence electrons. The van der Waals surface area contributed by atoms with Crippen molar-refractivity contribution in [3.63, 3.8) is 0 Å². The van der Waals surface area contributed by atoms with Crippen molar-refractivity contribution in [2.75, 3.05) is 7.11 Å². The first-order valence-electron chi connectivity index (χ1n) is 7.48. The van der Waals surface area contributed by atoms with E-state index in [0.29, 0.717) is 29.0 Å². The van der Waals surface area contributed by atoms with Crippen LogP contribution < -0.4 is 0 Å². The Morgan fingerprint density at radius 2 is 2.05 bits per heavy atom. The topological polar surface area (TPSA) is 39.2 Å². The highest BCUT2D eigenvalue weighted by molar-refractivity contribution is 6.29. The lowest BCUT2D eigenvalue weighted by Gasteiger charge is -2.47. The number of pyridine rings is 1. The SMILES string of the molecule is COC(=O)[C@H]1C2CCC(CC2)[C@@H]1Cc1cc(Cl)ncc1F. The number of carbonyl (C=O) groups excluding carboxylic acids is 1. The summed E-state index contributed by atoms with van der Waals surface area (Å²) in [6.45, 7) is 0. The van der Waals surface area contributed by atoms with Crippen LogP contribution >= 0.6 is 11.6 Å². The van der Waals surface area contributed by atoms with E-state index < -0.39 is 0 Å². The summed E-state index contributed by atoms with van der Waals surface area (Å²) < 4.78 is 18.9. The number of hydrogen-bond donors (Lipinski definition) is 0. The molecule has 1 aromatic heterocycles. The monoisotopic (exact) mass is 311 g/mol. The molecule has 4 rings (SSSR count).